The lowest BCUT2D eigenvalue weighted by Crippen LogP contribution is -2.42. The largest absolute Gasteiger partial charge is 0.330 e. The van der Waals surface area contributed by atoms with Crippen LogP contribution < -0.4 is 5.73 Å². The number of hydrogen-bond donors (Lipinski definition) is 1. The van der Waals surface area contributed by atoms with Crippen molar-refractivity contribution in [2.45, 2.75) is 24.7 Å². The molecule has 0 amide bonds. The number of benzene rings is 1. The fourth-order valence-electron chi connectivity index (χ4n) is 2.35. The van der Waals surface area contributed by atoms with Gasteiger partial charge in [-0.05, 0) is 18.9 Å². The number of nitrogens with two attached hydrogens (primary N) is 1. The van der Waals surface area contributed by atoms with Crippen molar-refractivity contribution in [3.63, 3.8) is 0 Å². The zero-order valence-corrected chi connectivity index (χ0v) is 8.78. The second kappa shape index (κ2) is 3.83. The Balaban J connectivity index is 2.57. The Hall–Kier alpha value is -1.49. The van der Waals surface area contributed by atoms with Crippen molar-refractivity contribution < 1.29 is 9.31 Å². The smallest absolute Gasteiger partial charge is 0.276 e. The molecule has 86 valence electrons. The fourth-order valence-corrected chi connectivity index (χ4v) is 2.35. The average Bonchev–Trinajstić information content (AvgIpc) is 2.19. The van der Waals surface area contributed by atoms with Crippen LogP contribution in [0.3, 0.4) is 0 Å². The number of nitro benzene ring substituents is 1. The van der Waals surface area contributed by atoms with E-state index in [1.165, 1.54) is 18.2 Å². The van der Waals surface area contributed by atoms with Gasteiger partial charge in [0.2, 0.25) is 0 Å². The lowest BCUT2D eigenvalue weighted by Gasteiger charge is -2.40. The predicted molar refractivity (Wildman–Crippen MR) is 57.6 cm³/mol. The zero-order chi connectivity index (χ0) is 11.8. The van der Waals surface area contributed by atoms with Crippen LogP contribution >= 0.6 is 0 Å². The van der Waals surface area contributed by atoms with Crippen molar-refractivity contribution in [1.82, 2.24) is 0 Å². The number of hydrogen-bond acceptors (Lipinski definition) is 3. The maximum Gasteiger partial charge on any atom is 0.276 e. The third-order valence-corrected chi connectivity index (χ3v) is 3.42. The molecule has 4 nitrogen and oxygen atoms in total. The Morgan fingerprint density at radius 3 is 2.62 bits per heavy atom. The SMILES string of the molecule is NCC1(c2c(F)cccc2[N+](=O)[O-])CCC1. The van der Waals surface area contributed by atoms with E-state index in [0.717, 1.165) is 19.3 Å². The quantitative estimate of drug-likeness (QED) is 0.631. The van der Waals surface area contributed by atoms with Gasteiger partial charge < -0.3 is 5.73 Å². The molecule has 1 aromatic carbocycles. The van der Waals surface area contributed by atoms with Crippen LogP contribution in [0.15, 0.2) is 18.2 Å². The summed E-state index contributed by atoms with van der Waals surface area (Å²) in [6.07, 6.45) is 2.40. The first kappa shape index (κ1) is 11.0. The van der Waals surface area contributed by atoms with Crippen molar-refractivity contribution in [3.8, 4) is 0 Å². The standard InChI is InChI=1S/C11H13FN2O2/c12-8-3-1-4-9(14(15)16)10(8)11(7-13)5-2-6-11/h1,3-4H,2,5-7,13H2. The van der Waals surface area contributed by atoms with Crippen LogP contribution in [0.4, 0.5) is 10.1 Å². The molecule has 5 heteroatoms. The first-order chi connectivity index (χ1) is 7.60. The first-order valence-electron chi connectivity index (χ1n) is 5.24. The molecule has 0 atom stereocenters. The highest BCUT2D eigenvalue weighted by atomic mass is 19.1. The molecule has 0 spiro atoms. The lowest BCUT2D eigenvalue weighted by atomic mass is 9.64. The number of nitrogens with zero attached hydrogens (tertiary/aromatic N) is 1. The molecule has 1 aliphatic carbocycles. The Kier molecular flexibility index (Phi) is 2.63. The molecule has 0 unspecified atom stereocenters. The predicted octanol–water partition coefficient (Wildman–Crippen LogP) is 2.11. The summed E-state index contributed by atoms with van der Waals surface area (Å²) >= 11 is 0. The van der Waals surface area contributed by atoms with Crippen molar-refractivity contribution in [3.05, 3.63) is 39.7 Å². The van der Waals surface area contributed by atoms with Gasteiger partial charge in [-0.15, -0.1) is 0 Å². The third kappa shape index (κ3) is 1.48. The van der Waals surface area contributed by atoms with Crippen LogP contribution in [-0.2, 0) is 5.41 Å². The topological polar surface area (TPSA) is 69.2 Å². The molecule has 2 rings (SSSR count). The summed E-state index contributed by atoms with van der Waals surface area (Å²) in [5, 5.41) is 10.9. The van der Waals surface area contributed by atoms with E-state index in [1.807, 2.05) is 0 Å². The van der Waals surface area contributed by atoms with Crippen molar-refractivity contribution in [2.24, 2.45) is 5.73 Å². The molecular weight excluding hydrogens is 211 g/mol. The second-order valence-electron chi connectivity index (χ2n) is 4.23. The number of rotatable bonds is 3. The average molecular weight is 224 g/mol. The van der Waals surface area contributed by atoms with Gasteiger partial charge >= 0.3 is 0 Å². The maximum atomic E-state index is 13.8. The third-order valence-electron chi connectivity index (χ3n) is 3.42. The van der Waals surface area contributed by atoms with Crippen LogP contribution in [-0.4, -0.2) is 11.5 Å². The summed E-state index contributed by atoms with van der Waals surface area (Å²) in [5.74, 6) is -0.514. The molecule has 1 aliphatic rings. The highest BCUT2D eigenvalue weighted by molar-refractivity contribution is 5.47. The number of halogens is 1. The van der Waals surface area contributed by atoms with Crippen molar-refractivity contribution in [1.29, 1.82) is 0 Å². The molecule has 16 heavy (non-hydrogen) atoms. The van der Waals surface area contributed by atoms with Gasteiger partial charge in [0.05, 0.1) is 10.5 Å². The summed E-state index contributed by atoms with van der Waals surface area (Å²) in [7, 11) is 0. The van der Waals surface area contributed by atoms with E-state index in [0.29, 0.717) is 0 Å². The van der Waals surface area contributed by atoms with Gasteiger partial charge in [0, 0.05) is 18.0 Å². The van der Waals surface area contributed by atoms with Crippen molar-refractivity contribution >= 4 is 5.69 Å². The molecule has 0 aromatic heterocycles. The van der Waals surface area contributed by atoms with E-state index < -0.39 is 16.2 Å². The van der Waals surface area contributed by atoms with E-state index in [4.69, 9.17) is 5.73 Å². The summed E-state index contributed by atoms with van der Waals surface area (Å²) in [6, 6.07) is 3.96. The Morgan fingerprint density at radius 2 is 2.19 bits per heavy atom. The molecule has 1 fully saturated rings. The van der Waals surface area contributed by atoms with Gasteiger partial charge in [0.15, 0.2) is 0 Å². The van der Waals surface area contributed by atoms with Gasteiger partial charge in [-0.2, -0.15) is 0 Å². The molecule has 2 N–H and O–H groups in total. The molecule has 1 aromatic rings. The summed E-state index contributed by atoms with van der Waals surface area (Å²) < 4.78 is 13.8. The van der Waals surface area contributed by atoms with Crippen LogP contribution in [0.2, 0.25) is 0 Å². The van der Waals surface area contributed by atoms with Gasteiger partial charge in [-0.3, -0.25) is 10.1 Å². The lowest BCUT2D eigenvalue weighted by molar-refractivity contribution is -0.386. The Labute approximate surface area is 92.4 Å². The molecule has 0 radical (unpaired) electrons. The summed E-state index contributed by atoms with van der Waals surface area (Å²) in [4.78, 5) is 10.3. The summed E-state index contributed by atoms with van der Waals surface area (Å²) in [6.45, 7) is 0.259. The van der Waals surface area contributed by atoms with Crippen LogP contribution in [0.25, 0.3) is 0 Å². The minimum absolute atomic E-state index is 0.148. The Bertz CT molecular complexity index is 424. The number of nitro groups is 1. The van der Waals surface area contributed by atoms with Crippen LogP contribution in [0.1, 0.15) is 24.8 Å². The van der Waals surface area contributed by atoms with Crippen molar-refractivity contribution in [2.75, 3.05) is 6.54 Å². The molecule has 0 bridgehead atoms. The van der Waals surface area contributed by atoms with Gasteiger partial charge in [-0.25, -0.2) is 4.39 Å². The fraction of sp³-hybridized carbons (Fsp3) is 0.455. The van der Waals surface area contributed by atoms with Gasteiger partial charge in [-0.1, -0.05) is 12.5 Å². The highest BCUT2D eigenvalue weighted by Crippen LogP contribution is 2.47. The molecule has 0 heterocycles. The van der Waals surface area contributed by atoms with E-state index in [1.54, 1.807) is 0 Å². The van der Waals surface area contributed by atoms with Gasteiger partial charge in [0.1, 0.15) is 5.82 Å². The van der Waals surface area contributed by atoms with Crippen LogP contribution in [0, 0.1) is 15.9 Å². The Morgan fingerprint density at radius 1 is 1.50 bits per heavy atom. The minimum atomic E-state index is -0.534. The van der Waals surface area contributed by atoms with Gasteiger partial charge in [0.25, 0.3) is 5.69 Å². The van der Waals surface area contributed by atoms with E-state index in [-0.39, 0.29) is 17.8 Å². The van der Waals surface area contributed by atoms with E-state index in [9.17, 15) is 14.5 Å². The molecule has 0 aliphatic heterocycles. The van der Waals surface area contributed by atoms with E-state index >= 15 is 0 Å². The highest BCUT2D eigenvalue weighted by Gasteiger charge is 2.43. The normalized spacial score (nSPS) is 17.9. The second-order valence-corrected chi connectivity index (χ2v) is 4.23. The molecular formula is C11H13FN2O2. The first-order valence-corrected chi connectivity index (χ1v) is 5.24. The monoisotopic (exact) mass is 224 g/mol. The minimum Gasteiger partial charge on any atom is -0.330 e. The zero-order valence-electron chi connectivity index (χ0n) is 8.78. The molecule has 1 saturated carbocycles. The van der Waals surface area contributed by atoms with E-state index in [2.05, 4.69) is 0 Å². The maximum absolute atomic E-state index is 13.8. The summed E-state index contributed by atoms with van der Waals surface area (Å²) in [5.41, 5.74) is 5.17. The van der Waals surface area contributed by atoms with Crippen LogP contribution in [0.5, 0.6) is 0 Å². The molecule has 0 saturated heterocycles.